The smallest absolute Gasteiger partial charge is 0.339 e. The minimum atomic E-state index is -0.559. The number of hydrogen-bond donors (Lipinski definition) is 0. The number of halogens is 1. The summed E-state index contributed by atoms with van der Waals surface area (Å²) in [6.45, 7) is 3.71. The highest BCUT2D eigenvalue weighted by Crippen LogP contribution is 2.27. The lowest BCUT2D eigenvalue weighted by Gasteiger charge is -2.11. The van der Waals surface area contributed by atoms with Crippen molar-refractivity contribution in [1.29, 1.82) is 0 Å². The van der Waals surface area contributed by atoms with E-state index in [9.17, 15) is 9.59 Å². The van der Waals surface area contributed by atoms with Gasteiger partial charge in [0.15, 0.2) is 12.4 Å². The first kappa shape index (κ1) is 21.7. The summed E-state index contributed by atoms with van der Waals surface area (Å²) in [6.07, 6.45) is 0.948. The van der Waals surface area contributed by atoms with Gasteiger partial charge in [0.05, 0.1) is 16.8 Å². The molecule has 4 nitrogen and oxygen atoms in total. The summed E-state index contributed by atoms with van der Waals surface area (Å²) in [4.78, 5) is 30.2. The Morgan fingerprint density at radius 2 is 1.66 bits per heavy atom. The van der Waals surface area contributed by atoms with E-state index < -0.39 is 5.97 Å². The SMILES string of the molecule is CCc1ccc(-c2cc(C(=O)OCC(=O)c3ccc(Cl)cc3)c3cc(C)ccc3n2)cc1. The van der Waals surface area contributed by atoms with E-state index in [1.807, 2.05) is 37.3 Å². The van der Waals surface area contributed by atoms with Crippen LogP contribution in [0.3, 0.4) is 0 Å². The van der Waals surface area contributed by atoms with Gasteiger partial charge in [-0.3, -0.25) is 4.79 Å². The van der Waals surface area contributed by atoms with Crippen LogP contribution in [0.25, 0.3) is 22.2 Å². The van der Waals surface area contributed by atoms with Crippen LogP contribution in [0.2, 0.25) is 5.02 Å². The molecule has 0 amide bonds. The standard InChI is InChI=1S/C27H22ClNO3/c1-3-18-5-7-19(8-6-18)25-15-23(22-14-17(2)4-13-24(22)29-25)27(31)32-16-26(30)20-9-11-21(28)12-10-20/h4-15H,3,16H2,1-2H3. The van der Waals surface area contributed by atoms with Crippen molar-refractivity contribution in [3.05, 3.63) is 100 Å². The van der Waals surface area contributed by atoms with Crippen molar-refractivity contribution in [2.45, 2.75) is 20.3 Å². The summed E-state index contributed by atoms with van der Waals surface area (Å²) in [5.41, 5.74) is 5.35. The van der Waals surface area contributed by atoms with E-state index in [2.05, 4.69) is 19.1 Å². The van der Waals surface area contributed by atoms with E-state index in [0.29, 0.717) is 32.7 Å². The Bertz CT molecular complexity index is 1300. The summed E-state index contributed by atoms with van der Waals surface area (Å²) < 4.78 is 5.40. The normalized spacial score (nSPS) is 10.8. The van der Waals surface area contributed by atoms with Crippen LogP contribution in [-0.2, 0) is 11.2 Å². The monoisotopic (exact) mass is 443 g/mol. The van der Waals surface area contributed by atoms with Crippen LogP contribution in [0.15, 0.2) is 72.8 Å². The van der Waals surface area contributed by atoms with Crippen molar-refractivity contribution in [3.8, 4) is 11.3 Å². The number of hydrogen-bond acceptors (Lipinski definition) is 4. The van der Waals surface area contributed by atoms with Gasteiger partial charge in [-0.2, -0.15) is 0 Å². The molecule has 0 spiro atoms. The number of esters is 1. The highest BCUT2D eigenvalue weighted by Gasteiger charge is 2.17. The number of Topliss-reactive ketones (excluding diaryl/α,β-unsaturated/α-hetero) is 1. The van der Waals surface area contributed by atoms with Crippen LogP contribution in [-0.4, -0.2) is 23.3 Å². The third kappa shape index (κ3) is 4.71. The number of ketones is 1. The second-order valence-electron chi connectivity index (χ2n) is 7.63. The Morgan fingerprint density at radius 1 is 0.938 bits per heavy atom. The van der Waals surface area contributed by atoms with Crippen LogP contribution in [0, 0.1) is 6.92 Å². The summed E-state index contributed by atoms with van der Waals surface area (Å²) in [5, 5.41) is 1.24. The maximum Gasteiger partial charge on any atom is 0.339 e. The highest BCUT2D eigenvalue weighted by atomic mass is 35.5. The molecule has 0 fully saturated rings. The number of benzene rings is 3. The van der Waals surface area contributed by atoms with E-state index >= 15 is 0 Å². The zero-order valence-corrected chi connectivity index (χ0v) is 18.6. The first-order chi connectivity index (χ1) is 15.4. The molecule has 0 unspecified atom stereocenters. The molecule has 0 aliphatic rings. The molecule has 4 rings (SSSR count). The molecule has 1 heterocycles. The van der Waals surface area contributed by atoms with Gasteiger partial charge in [0.25, 0.3) is 0 Å². The molecule has 0 saturated heterocycles. The fourth-order valence-corrected chi connectivity index (χ4v) is 3.62. The summed E-state index contributed by atoms with van der Waals surface area (Å²) in [7, 11) is 0. The zero-order valence-electron chi connectivity index (χ0n) is 17.9. The third-order valence-corrected chi connectivity index (χ3v) is 5.59. The highest BCUT2D eigenvalue weighted by molar-refractivity contribution is 6.30. The largest absolute Gasteiger partial charge is 0.454 e. The average molecular weight is 444 g/mol. The van der Waals surface area contributed by atoms with Gasteiger partial charge in [0.2, 0.25) is 0 Å². The van der Waals surface area contributed by atoms with Gasteiger partial charge in [0, 0.05) is 21.5 Å². The number of nitrogens with zero attached hydrogens (tertiary/aromatic N) is 1. The molecule has 0 bridgehead atoms. The number of rotatable bonds is 6. The minimum absolute atomic E-state index is 0.292. The minimum Gasteiger partial charge on any atom is -0.454 e. The molecule has 32 heavy (non-hydrogen) atoms. The Labute approximate surface area is 191 Å². The lowest BCUT2D eigenvalue weighted by atomic mass is 10.0. The molecule has 0 aliphatic heterocycles. The van der Waals surface area contributed by atoms with Crippen LogP contribution >= 0.6 is 11.6 Å². The average Bonchev–Trinajstić information content (AvgIpc) is 2.82. The van der Waals surface area contributed by atoms with Crippen LogP contribution in [0.4, 0.5) is 0 Å². The lowest BCUT2D eigenvalue weighted by Crippen LogP contribution is -2.15. The molecule has 0 radical (unpaired) electrons. The van der Waals surface area contributed by atoms with Gasteiger partial charge in [-0.25, -0.2) is 9.78 Å². The second kappa shape index (κ2) is 9.33. The van der Waals surface area contributed by atoms with Crippen LogP contribution < -0.4 is 0 Å². The van der Waals surface area contributed by atoms with Crippen molar-refractivity contribution in [2.75, 3.05) is 6.61 Å². The number of carbonyl (C=O) groups excluding carboxylic acids is 2. The molecule has 0 N–H and O–H groups in total. The molecule has 0 saturated carbocycles. The zero-order chi connectivity index (χ0) is 22.7. The number of aromatic nitrogens is 1. The number of carbonyl (C=O) groups is 2. The lowest BCUT2D eigenvalue weighted by molar-refractivity contribution is 0.0476. The van der Waals surface area contributed by atoms with E-state index in [4.69, 9.17) is 21.3 Å². The Kier molecular flexibility index (Phi) is 6.33. The third-order valence-electron chi connectivity index (χ3n) is 5.34. The maximum atomic E-state index is 13.0. The Morgan fingerprint density at radius 3 is 2.34 bits per heavy atom. The van der Waals surface area contributed by atoms with Crippen molar-refractivity contribution < 1.29 is 14.3 Å². The molecule has 0 atom stereocenters. The summed E-state index contributed by atoms with van der Waals surface area (Å²) >= 11 is 5.87. The number of fused-ring (bicyclic) bond motifs is 1. The van der Waals surface area contributed by atoms with Gasteiger partial charge in [-0.15, -0.1) is 0 Å². The molecule has 5 heteroatoms. The predicted octanol–water partition coefficient (Wildman–Crippen LogP) is 6.47. The topological polar surface area (TPSA) is 56.3 Å². The Balaban J connectivity index is 1.66. The summed E-state index contributed by atoms with van der Waals surface area (Å²) in [6, 6.07) is 22.1. The summed E-state index contributed by atoms with van der Waals surface area (Å²) in [5.74, 6) is -0.850. The van der Waals surface area contributed by atoms with E-state index in [0.717, 1.165) is 17.5 Å². The van der Waals surface area contributed by atoms with Gasteiger partial charge < -0.3 is 4.74 Å². The molecule has 160 valence electrons. The van der Waals surface area contributed by atoms with Crippen molar-refractivity contribution in [2.24, 2.45) is 0 Å². The van der Waals surface area contributed by atoms with Crippen molar-refractivity contribution in [3.63, 3.8) is 0 Å². The first-order valence-electron chi connectivity index (χ1n) is 10.4. The van der Waals surface area contributed by atoms with E-state index in [1.165, 1.54) is 5.56 Å². The van der Waals surface area contributed by atoms with Gasteiger partial charge in [0.1, 0.15) is 0 Å². The first-order valence-corrected chi connectivity index (χ1v) is 10.8. The van der Waals surface area contributed by atoms with E-state index in [1.54, 1.807) is 30.3 Å². The second-order valence-corrected chi connectivity index (χ2v) is 8.07. The van der Waals surface area contributed by atoms with Gasteiger partial charge in [-0.1, -0.05) is 54.4 Å². The predicted molar refractivity (Wildman–Crippen MR) is 127 cm³/mol. The fraction of sp³-hybridized carbons (Fsp3) is 0.148. The number of aryl methyl sites for hydroxylation is 2. The quantitative estimate of drug-likeness (QED) is 0.253. The maximum absolute atomic E-state index is 13.0. The van der Waals surface area contributed by atoms with Crippen LogP contribution in [0.5, 0.6) is 0 Å². The number of ether oxygens (including phenoxy) is 1. The fourth-order valence-electron chi connectivity index (χ4n) is 3.50. The number of pyridine rings is 1. The van der Waals surface area contributed by atoms with Crippen molar-refractivity contribution >= 4 is 34.3 Å². The van der Waals surface area contributed by atoms with Crippen molar-refractivity contribution in [1.82, 2.24) is 4.98 Å². The molecular formula is C27H22ClNO3. The van der Waals surface area contributed by atoms with Gasteiger partial charge >= 0.3 is 5.97 Å². The molecular weight excluding hydrogens is 422 g/mol. The molecule has 1 aromatic heterocycles. The van der Waals surface area contributed by atoms with Crippen LogP contribution in [0.1, 0.15) is 38.8 Å². The van der Waals surface area contributed by atoms with Gasteiger partial charge in [-0.05, 0) is 61.4 Å². The molecule has 3 aromatic carbocycles. The van der Waals surface area contributed by atoms with E-state index in [-0.39, 0.29) is 12.4 Å². The molecule has 4 aromatic rings. The molecule has 0 aliphatic carbocycles. The Hall–Kier alpha value is -3.50.